The highest BCUT2D eigenvalue weighted by Gasteiger charge is 2.16. The van der Waals surface area contributed by atoms with Gasteiger partial charge >= 0.3 is 0 Å². The summed E-state index contributed by atoms with van der Waals surface area (Å²) in [5, 5.41) is 4.65. The molecule has 3 aromatic rings. The van der Waals surface area contributed by atoms with Gasteiger partial charge in [-0.1, -0.05) is 36.4 Å². The average molecular weight is 232 g/mol. The lowest BCUT2D eigenvalue weighted by Crippen LogP contribution is -2.09. The lowest BCUT2D eigenvalue weighted by molar-refractivity contribution is 1.11. The van der Waals surface area contributed by atoms with E-state index in [0.717, 1.165) is 17.8 Å². The Bertz CT molecular complexity index is 747. The van der Waals surface area contributed by atoms with Crippen LogP contribution in [0.4, 0.5) is 5.69 Å². The lowest BCUT2D eigenvalue weighted by Gasteiger charge is -2.21. The molecular weight excluding hydrogens is 220 g/mol. The van der Waals surface area contributed by atoms with Crippen LogP contribution in [0.25, 0.3) is 22.2 Å². The Hall–Kier alpha value is -2.35. The molecule has 1 N–H and O–H groups in total. The molecular formula is C16H12N2. The second kappa shape index (κ2) is 3.57. The largest absolute Gasteiger partial charge is 0.380 e. The normalized spacial score (nSPS) is 12.7. The number of aromatic nitrogens is 1. The minimum atomic E-state index is 0.851. The number of benzene rings is 2. The zero-order chi connectivity index (χ0) is 11.9. The van der Waals surface area contributed by atoms with Crippen molar-refractivity contribution in [2.24, 2.45) is 0 Å². The molecule has 2 nitrogen and oxygen atoms in total. The van der Waals surface area contributed by atoms with Crippen LogP contribution in [0.1, 0.15) is 5.56 Å². The summed E-state index contributed by atoms with van der Waals surface area (Å²) in [5.41, 5.74) is 5.82. The molecule has 0 radical (unpaired) electrons. The van der Waals surface area contributed by atoms with E-state index >= 15 is 0 Å². The maximum absolute atomic E-state index is 4.82. The minimum Gasteiger partial charge on any atom is -0.380 e. The molecule has 0 aliphatic carbocycles. The molecule has 0 fully saturated rings. The summed E-state index contributed by atoms with van der Waals surface area (Å²) in [6.45, 7) is 0.851. The fourth-order valence-corrected chi connectivity index (χ4v) is 2.56. The van der Waals surface area contributed by atoms with Crippen LogP contribution in [0.2, 0.25) is 0 Å². The summed E-state index contributed by atoms with van der Waals surface area (Å²) in [4.78, 5) is 4.82. The van der Waals surface area contributed by atoms with Crippen LogP contribution in [0.3, 0.4) is 0 Å². The van der Waals surface area contributed by atoms with Crippen LogP contribution >= 0.6 is 0 Å². The third-order valence-corrected chi connectivity index (χ3v) is 3.45. The molecule has 86 valence electrons. The van der Waals surface area contributed by atoms with Gasteiger partial charge in [0.25, 0.3) is 0 Å². The maximum Gasteiger partial charge on any atom is 0.0780 e. The average Bonchev–Trinajstić information content (AvgIpc) is 2.45. The molecule has 0 atom stereocenters. The Balaban J connectivity index is 2.06. The van der Waals surface area contributed by atoms with E-state index in [1.54, 1.807) is 0 Å². The number of pyridine rings is 1. The molecule has 4 rings (SSSR count). The van der Waals surface area contributed by atoms with Crippen LogP contribution < -0.4 is 5.32 Å². The van der Waals surface area contributed by atoms with Crippen LogP contribution in [0.5, 0.6) is 0 Å². The van der Waals surface area contributed by atoms with E-state index < -0.39 is 0 Å². The maximum atomic E-state index is 4.82. The van der Waals surface area contributed by atoms with Gasteiger partial charge in [-0.25, -0.2) is 4.98 Å². The van der Waals surface area contributed by atoms with E-state index in [4.69, 9.17) is 4.98 Å². The fourth-order valence-electron chi connectivity index (χ4n) is 2.56. The Kier molecular flexibility index (Phi) is 1.92. The molecule has 2 heterocycles. The summed E-state index contributed by atoms with van der Waals surface area (Å²) in [5.74, 6) is 0. The van der Waals surface area contributed by atoms with E-state index in [0.29, 0.717) is 0 Å². The zero-order valence-electron chi connectivity index (χ0n) is 9.85. The summed E-state index contributed by atoms with van der Waals surface area (Å²) >= 11 is 0. The van der Waals surface area contributed by atoms with Crippen LogP contribution in [-0.4, -0.2) is 4.98 Å². The van der Waals surface area contributed by atoms with Crippen molar-refractivity contribution in [2.45, 2.75) is 6.54 Å². The summed E-state index contributed by atoms with van der Waals surface area (Å²) < 4.78 is 0. The van der Waals surface area contributed by atoms with Gasteiger partial charge in [0, 0.05) is 23.2 Å². The second-order valence-corrected chi connectivity index (χ2v) is 4.59. The predicted octanol–water partition coefficient (Wildman–Crippen LogP) is 3.83. The van der Waals surface area contributed by atoms with Crippen LogP contribution in [-0.2, 0) is 6.54 Å². The van der Waals surface area contributed by atoms with Crippen molar-refractivity contribution in [3.05, 3.63) is 60.2 Å². The first-order valence-electron chi connectivity index (χ1n) is 6.14. The number of rotatable bonds is 0. The van der Waals surface area contributed by atoms with Gasteiger partial charge in [-0.05, 0) is 23.8 Å². The molecule has 2 heteroatoms. The van der Waals surface area contributed by atoms with Gasteiger partial charge in [-0.15, -0.1) is 0 Å². The molecule has 0 unspecified atom stereocenters. The fraction of sp³-hybridized carbons (Fsp3) is 0.0625. The van der Waals surface area contributed by atoms with Gasteiger partial charge in [0.15, 0.2) is 0 Å². The van der Waals surface area contributed by atoms with E-state index in [2.05, 4.69) is 53.8 Å². The summed E-state index contributed by atoms with van der Waals surface area (Å²) in [6, 6.07) is 18.9. The first kappa shape index (κ1) is 9.66. The molecule has 0 saturated carbocycles. The highest BCUT2D eigenvalue weighted by Crippen LogP contribution is 2.35. The Morgan fingerprint density at radius 1 is 0.944 bits per heavy atom. The standard InChI is InChI=1S/C16H12N2/c1-3-7-14-11(5-1)9-12-10-17-15-8-4-2-6-13(15)16(12)18-14/h1-9,17H,10H2. The van der Waals surface area contributed by atoms with E-state index in [-0.39, 0.29) is 0 Å². The van der Waals surface area contributed by atoms with Crippen molar-refractivity contribution in [1.29, 1.82) is 0 Å². The van der Waals surface area contributed by atoms with Gasteiger partial charge in [-0.3, -0.25) is 0 Å². The Morgan fingerprint density at radius 2 is 1.78 bits per heavy atom. The third-order valence-electron chi connectivity index (χ3n) is 3.45. The number of nitrogens with one attached hydrogen (secondary N) is 1. The third kappa shape index (κ3) is 1.32. The molecule has 2 aromatic carbocycles. The monoisotopic (exact) mass is 232 g/mol. The molecule has 1 aliphatic heterocycles. The molecule has 0 amide bonds. The number of anilines is 1. The lowest BCUT2D eigenvalue weighted by atomic mass is 9.98. The number of nitrogens with zero attached hydrogens (tertiary/aromatic N) is 1. The second-order valence-electron chi connectivity index (χ2n) is 4.59. The van der Waals surface area contributed by atoms with Gasteiger partial charge < -0.3 is 5.32 Å². The highest BCUT2D eigenvalue weighted by molar-refractivity contribution is 5.88. The molecule has 0 spiro atoms. The quantitative estimate of drug-likeness (QED) is 0.637. The Labute approximate surface area is 105 Å². The van der Waals surface area contributed by atoms with Crippen molar-refractivity contribution >= 4 is 16.6 Å². The van der Waals surface area contributed by atoms with Crippen molar-refractivity contribution in [2.75, 3.05) is 5.32 Å². The zero-order valence-corrected chi connectivity index (χ0v) is 9.85. The van der Waals surface area contributed by atoms with Crippen LogP contribution in [0, 0.1) is 0 Å². The molecule has 1 aliphatic rings. The SMILES string of the molecule is c1ccc2c(c1)NCc1cc3ccccc3nc1-2. The van der Waals surface area contributed by atoms with E-state index in [9.17, 15) is 0 Å². The first-order chi connectivity index (χ1) is 8.92. The predicted molar refractivity (Wildman–Crippen MR) is 74.5 cm³/mol. The number of hydrogen-bond acceptors (Lipinski definition) is 2. The van der Waals surface area contributed by atoms with Gasteiger partial charge in [0.2, 0.25) is 0 Å². The number of hydrogen-bond donors (Lipinski definition) is 1. The van der Waals surface area contributed by atoms with Crippen molar-refractivity contribution in [3.63, 3.8) is 0 Å². The molecule has 0 saturated heterocycles. The minimum absolute atomic E-state index is 0.851. The molecule has 18 heavy (non-hydrogen) atoms. The van der Waals surface area contributed by atoms with Crippen LogP contribution in [0.15, 0.2) is 54.6 Å². The Morgan fingerprint density at radius 3 is 2.78 bits per heavy atom. The molecule has 1 aromatic heterocycles. The number of fused-ring (bicyclic) bond motifs is 4. The van der Waals surface area contributed by atoms with E-state index in [1.807, 2.05) is 6.07 Å². The van der Waals surface area contributed by atoms with Gasteiger partial charge in [-0.2, -0.15) is 0 Å². The summed E-state index contributed by atoms with van der Waals surface area (Å²) in [6.07, 6.45) is 0. The first-order valence-corrected chi connectivity index (χ1v) is 6.14. The van der Waals surface area contributed by atoms with Gasteiger partial charge in [0.1, 0.15) is 0 Å². The topological polar surface area (TPSA) is 24.9 Å². The van der Waals surface area contributed by atoms with Gasteiger partial charge in [0.05, 0.1) is 11.2 Å². The van der Waals surface area contributed by atoms with Crippen molar-refractivity contribution < 1.29 is 0 Å². The van der Waals surface area contributed by atoms with Crippen molar-refractivity contribution in [3.8, 4) is 11.3 Å². The molecule has 0 bridgehead atoms. The van der Waals surface area contributed by atoms with E-state index in [1.165, 1.54) is 22.2 Å². The highest BCUT2D eigenvalue weighted by atomic mass is 14.9. The smallest absolute Gasteiger partial charge is 0.0780 e. The van der Waals surface area contributed by atoms with Crippen molar-refractivity contribution in [1.82, 2.24) is 4.98 Å². The number of para-hydroxylation sites is 2. The summed E-state index contributed by atoms with van der Waals surface area (Å²) in [7, 11) is 0.